The highest BCUT2D eigenvalue weighted by atomic mass is 14.7. The standard InChI is InChI=1S/C20H30/c1-17(2)13-7-9-19(17,5)15(11-13)16-12-14-8-10-20(16,6)18(14,3)4/h11-14H,7-10H2,1-6H3/t13-,14-,19+,20+/m1/s1. The van der Waals surface area contributed by atoms with Crippen molar-refractivity contribution in [1.82, 2.24) is 0 Å². The molecule has 0 radical (unpaired) electrons. The fourth-order valence-electron chi connectivity index (χ4n) is 6.16. The first kappa shape index (κ1) is 13.2. The highest BCUT2D eigenvalue weighted by Crippen LogP contribution is 2.73. The Balaban J connectivity index is 1.83. The molecule has 0 heterocycles. The molecule has 0 amide bonds. The van der Waals surface area contributed by atoms with Crippen LogP contribution in [0.4, 0.5) is 0 Å². The summed E-state index contributed by atoms with van der Waals surface area (Å²) in [5.74, 6) is 1.63. The molecule has 0 heteroatoms. The smallest absolute Gasteiger partial charge is 0.00185 e. The number of hydrogen-bond donors (Lipinski definition) is 0. The molecule has 0 aliphatic heterocycles. The zero-order chi connectivity index (χ0) is 14.6. The lowest BCUT2D eigenvalue weighted by Gasteiger charge is -2.44. The summed E-state index contributed by atoms with van der Waals surface area (Å²) in [4.78, 5) is 0. The molecule has 4 atom stereocenters. The molecule has 0 aromatic heterocycles. The van der Waals surface area contributed by atoms with Crippen molar-refractivity contribution >= 4 is 0 Å². The molecule has 2 saturated carbocycles. The second kappa shape index (κ2) is 3.28. The lowest BCUT2D eigenvalue weighted by atomic mass is 9.60. The normalized spacial score (nSPS) is 50.5. The number of hydrogen-bond acceptors (Lipinski definition) is 0. The van der Waals surface area contributed by atoms with Gasteiger partial charge in [-0.15, -0.1) is 0 Å². The molecule has 2 fully saturated rings. The maximum absolute atomic E-state index is 2.68. The largest absolute Gasteiger partial charge is 0.0768 e. The van der Waals surface area contributed by atoms with E-state index in [0.29, 0.717) is 21.7 Å². The maximum Gasteiger partial charge on any atom is -0.00185 e. The van der Waals surface area contributed by atoms with Crippen molar-refractivity contribution < 1.29 is 0 Å². The van der Waals surface area contributed by atoms with Crippen LogP contribution < -0.4 is 0 Å². The highest BCUT2D eigenvalue weighted by molar-refractivity contribution is 5.52. The van der Waals surface area contributed by atoms with Gasteiger partial charge in [-0.3, -0.25) is 0 Å². The number of allylic oxidation sites excluding steroid dienone is 4. The average molecular weight is 270 g/mol. The van der Waals surface area contributed by atoms with Crippen molar-refractivity contribution in [1.29, 1.82) is 0 Å². The van der Waals surface area contributed by atoms with E-state index in [1.165, 1.54) is 25.7 Å². The molecule has 0 aromatic rings. The van der Waals surface area contributed by atoms with Crippen molar-refractivity contribution in [3.8, 4) is 0 Å². The molecule has 0 saturated heterocycles. The minimum Gasteiger partial charge on any atom is -0.0768 e. The zero-order valence-electron chi connectivity index (χ0n) is 14.1. The summed E-state index contributed by atoms with van der Waals surface area (Å²) < 4.78 is 0. The summed E-state index contributed by atoms with van der Waals surface area (Å²) in [6.07, 6.45) is 11.0. The maximum atomic E-state index is 2.68. The van der Waals surface area contributed by atoms with Crippen molar-refractivity contribution in [3.63, 3.8) is 0 Å². The van der Waals surface area contributed by atoms with Crippen LogP contribution in [0.1, 0.15) is 67.2 Å². The quantitative estimate of drug-likeness (QED) is 0.569. The predicted octanol–water partition coefficient (Wildman–Crippen LogP) is 5.75. The first-order chi connectivity index (χ1) is 9.14. The summed E-state index contributed by atoms with van der Waals surface area (Å²) in [7, 11) is 0. The molecule has 4 aliphatic rings. The van der Waals surface area contributed by atoms with Gasteiger partial charge in [-0.05, 0) is 70.3 Å². The second-order valence-electron chi connectivity index (χ2n) is 9.56. The van der Waals surface area contributed by atoms with Crippen LogP contribution in [0.2, 0.25) is 0 Å². The molecule has 20 heavy (non-hydrogen) atoms. The first-order valence-electron chi connectivity index (χ1n) is 8.59. The molecule has 4 bridgehead atoms. The van der Waals surface area contributed by atoms with Gasteiger partial charge in [-0.1, -0.05) is 53.7 Å². The van der Waals surface area contributed by atoms with E-state index in [9.17, 15) is 0 Å². The first-order valence-corrected chi connectivity index (χ1v) is 8.59. The Kier molecular flexibility index (Phi) is 2.16. The minimum absolute atomic E-state index is 0.424. The van der Waals surface area contributed by atoms with E-state index in [4.69, 9.17) is 0 Å². The Bertz CT molecular complexity index is 494. The third kappa shape index (κ3) is 1.11. The van der Waals surface area contributed by atoms with Crippen LogP contribution in [0.5, 0.6) is 0 Å². The van der Waals surface area contributed by atoms with Crippen LogP contribution in [0.25, 0.3) is 0 Å². The lowest BCUT2D eigenvalue weighted by Crippen LogP contribution is -2.35. The van der Waals surface area contributed by atoms with Crippen molar-refractivity contribution in [2.45, 2.75) is 67.2 Å². The van der Waals surface area contributed by atoms with Crippen LogP contribution in [0, 0.1) is 33.5 Å². The van der Waals surface area contributed by atoms with Crippen molar-refractivity contribution in [2.75, 3.05) is 0 Å². The Morgan fingerprint density at radius 2 is 1.05 bits per heavy atom. The average Bonchev–Trinajstić information content (AvgIpc) is 2.87. The molecule has 110 valence electrons. The van der Waals surface area contributed by atoms with Gasteiger partial charge >= 0.3 is 0 Å². The van der Waals surface area contributed by atoms with Crippen LogP contribution in [-0.2, 0) is 0 Å². The van der Waals surface area contributed by atoms with Gasteiger partial charge < -0.3 is 0 Å². The lowest BCUT2D eigenvalue weighted by molar-refractivity contribution is 0.150. The van der Waals surface area contributed by atoms with E-state index in [0.717, 1.165) is 11.8 Å². The molecule has 0 nitrogen and oxygen atoms in total. The van der Waals surface area contributed by atoms with Crippen molar-refractivity contribution in [3.05, 3.63) is 23.3 Å². The van der Waals surface area contributed by atoms with Crippen LogP contribution >= 0.6 is 0 Å². The summed E-state index contributed by atoms with van der Waals surface area (Å²) >= 11 is 0. The van der Waals surface area contributed by atoms with E-state index in [1.54, 1.807) is 11.1 Å². The summed E-state index contributed by atoms with van der Waals surface area (Å²) in [5, 5.41) is 0. The third-order valence-electron chi connectivity index (χ3n) is 8.82. The van der Waals surface area contributed by atoms with Gasteiger partial charge in [-0.25, -0.2) is 0 Å². The van der Waals surface area contributed by atoms with Crippen LogP contribution in [-0.4, -0.2) is 0 Å². The monoisotopic (exact) mass is 270 g/mol. The SMILES string of the molecule is CC1(C)[C@H]2C=C(C3=C[C@H]4CC[C@]3(C)C4(C)C)[C@]1(C)CC2. The molecule has 4 rings (SSSR count). The Labute approximate surface area is 124 Å². The van der Waals surface area contributed by atoms with Gasteiger partial charge in [0, 0.05) is 0 Å². The Morgan fingerprint density at radius 1 is 0.700 bits per heavy atom. The molecule has 4 aliphatic carbocycles. The molecular formula is C20H30. The zero-order valence-corrected chi connectivity index (χ0v) is 14.1. The molecule has 0 N–H and O–H groups in total. The van der Waals surface area contributed by atoms with Gasteiger partial charge in [0.2, 0.25) is 0 Å². The van der Waals surface area contributed by atoms with E-state index in [1.807, 2.05) is 0 Å². The minimum atomic E-state index is 0.424. The molecule has 0 aromatic carbocycles. The van der Waals surface area contributed by atoms with E-state index < -0.39 is 0 Å². The van der Waals surface area contributed by atoms with Crippen LogP contribution in [0.15, 0.2) is 23.3 Å². The Morgan fingerprint density at radius 3 is 1.25 bits per heavy atom. The Hall–Kier alpha value is -0.520. The van der Waals surface area contributed by atoms with Gasteiger partial charge in [0.05, 0.1) is 0 Å². The van der Waals surface area contributed by atoms with Gasteiger partial charge in [-0.2, -0.15) is 0 Å². The number of fused-ring (bicyclic) bond motifs is 4. The second-order valence-corrected chi connectivity index (χ2v) is 9.56. The molecule has 0 unspecified atom stereocenters. The summed E-state index contributed by atoms with van der Waals surface area (Å²) in [5.41, 5.74) is 5.27. The third-order valence-corrected chi connectivity index (χ3v) is 8.82. The van der Waals surface area contributed by atoms with Gasteiger partial charge in [0.25, 0.3) is 0 Å². The summed E-state index contributed by atoms with van der Waals surface area (Å²) in [6, 6.07) is 0. The van der Waals surface area contributed by atoms with Gasteiger partial charge in [0.1, 0.15) is 0 Å². The van der Waals surface area contributed by atoms with Gasteiger partial charge in [0.15, 0.2) is 0 Å². The highest BCUT2D eigenvalue weighted by Gasteiger charge is 2.63. The van der Waals surface area contributed by atoms with Crippen LogP contribution in [0.3, 0.4) is 0 Å². The van der Waals surface area contributed by atoms with E-state index >= 15 is 0 Å². The fraction of sp³-hybridized carbons (Fsp3) is 0.800. The molecule has 0 spiro atoms. The van der Waals surface area contributed by atoms with Crippen molar-refractivity contribution in [2.24, 2.45) is 33.5 Å². The molecular weight excluding hydrogens is 240 g/mol. The predicted molar refractivity (Wildman–Crippen MR) is 85.4 cm³/mol. The van der Waals surface area contributed by atoms with E-state index in [2.05, 4.69) is 53.7 Å². The van der Waals surface area contributed by atoms with E-state index in [-0.39, 0.29) is 0 Å². The topological polar surface area (TPSA) is 0 Å². The summed E-state index contributed by atoms with van der Waals surface area (Å²) in [6.45, 7) is 15.1. The fourth-order valence-corrected chi connectivity index (χ4v) is 6.16. The number of rotatable bonds is 1.